The summed E-state index contributed by atoms with van der Waals surface area (Å²) in [6.07, 6.45) is 0.274. The zero-order chi connectivity index (χ0) is 19.1. The number of aliphatic hydroxyl groups excluding tert-OH is 1. The monoisotopic (exact) mass is 364 g/mol. The van der Waals surface area contributed by atoms with Crippen LogP contribution in [0.5, 0.6) is 0 Å². The minimum absolute atomic E-state index is 0.0568. The molecule has 1 aliphatic rings. The van der Waals surface area contributed by atoms with Gasteiger partial charge in [0.25, 0.3) is 0 Å². The van der Waals surface area contributed by atoms with Crippen LogP contribution in [0.1, 0.15) is 33.4 Å². The zero-order valence-electron chi connectivity index (χ0n) is 15.5. The average molecular weight is 364 g/mol. The number of ether oxygens (including phenoxy) is 2. The van der Waals surface area contributed by atoms with Gasteiger partial charge in [-0.2, -0.15) is 0 Å². The normalized spacial score (nSPS) is 19.8. The predicted octanol–water partition coefficient (Wildman–Crippen LogP) is 2.77. The van der Waals surface area contributed by atoms with E-state index in [0.717, 1.165) is 11.1 Å². The quantitative estimate of drug-likeness (QED) is 0.773. The number of benzene rings is 1. The summed E-state index contributed by atoms with van der Waals surface area (Å²) in [4.78, 5) is 10.7. The highest BCUT2D eigenvalue weighted by Crippen LogP contribution is 2.34. The van der Waals surface area contributed by atoms with E-state index >= 15 is 0 Å². The van der Waals surface area contributed by atoms with E-state index in [9.17, 15) is 14.3 Å². The maximum atomic E-state index is 14.4. The molecule has 142 valence electrons. The van der Waals surface area contributed by atoms with Crippen LogP contribution >= 0.6 is 0 Å². The van der Waals surface area contributed by atoms with E-state index in [1.165, 1.54) is 6.07 Å². The van der Waals surface area contributed by atoms with Gasteiger partial charge in [0.2, 0.25) is 6.41 Å². The summed E-state index contributed by atoms with van der Waals surface area (Å²) in [7, 11) is 0. The van der Waals surface area contributed by atoms with Crippen LogP contribution in [0.4, 0.5) is 10.1 Å². The number of amides is 1. The standard InChI is InChI=1S/C19H25FN2O4/c1-18(2,10-23)17-6-12-5-15(21-11-24)14(20)7-16(12)22(17)8-13-9-25-19(3,4)26-13/h5-7,11,13,23H,8-10H2,1-4H3,(H,21,24)/t13-/m1/s1. The van der Waals surface area contributed by atoms with Crippen molar-refractivity contribution in [3.8, 4) is 0 Å². The van der Waals surface area contributed by atoms with Crippen LogP contribution in [-0.2, 0) is 26.2 Å². The van der Waals surface area contributed by atoms with Gasteiger partial charge in [0, 0.05) is 22.6 Å². The summed E-state index contributed by atoms with van der Waals surface area (Å²) in [5, 5.41) is 13.0. The SMILES string of the molecule is CC1(C)OC[C@@H](Cn2c(C(C)(C)CO)cc3cc(NC=O)c(F)cc32)O1. The summed E-state index contributed by atoms with van der Waals surface area (Å²) in [6, 6.07) is 4.92. The summed E-state index contributed by atoms with van der Waals surface area (Å²) >= 11 is 0. The molecule has 0 bridgehead atoms. The number of carbonyl (C=O) groups is 1. The Kier molecular flexibility index (Phi) is 4.81. The number of anilines is 1. The van der Waals surface area contributed by atoms with Crippen LogP contribution in [0.25, 0.3) is 10.9 Å². The Morgan fingerprint density at radius 1 is 1.42 bits per heavy atom. The van der Waals surface area contributed by atoms with Crippen LogP contribution in [0.2, 0.25) is 0 Å². The maximum Gasteiger partial charge on any atom is 0.211 e. The lowest BCUT2D eigenvalue weighted by Gasteiger charge is -2.26. The molecule has 1 aliphatic heterocycles. The lowest BCUT2D eigenvalue weighted by atomic mass is 9.90. The van der Waals surface area contributed by atoms with E-state index in [-0.39, 0.29) is 18.4 Å². The van der Waals surface area contributed by atoms with Crippen molar-refractivity contribution in [1.82, 2.24) is 4.57 Å². The van der Waals surface area contributed by atoms with Crippen LogP contribution < -0.4 is 5.32 Å². The van der Waals surface area contributed by atoms with Crippen LogP contribution in [-0.4, -0.2) is 41.2 Å². The van der Waals surface area contributed by atoms with Gasteiger partial charge in [-0.05, 0) is 26.0 Å². The van der Waals surface area contributed by atoms with Crippen molar-refractivity contribution >= 4 is 23.0 Å². The van der Waals surface area contributed by atoms with E-state index in [0.29, 0.717) is 25.1 Å². The van der Waals surface area contributed by atoms with Crippen molar-refractivity contribution in [1.29, 1.82) is 0 Å². The number of hydrogen-bond acceptors (Lipinski definition) is 4. The van der Waals surface area contributed by atoms with Crippen molar-refractivity contribution in [3.63, 3.8) is 0 Å². The summed E-state index contributed by atoms with van der Waals surface area (Å²) in [6.45, 7) is 8.43. The topological polar surface area (TPSA) is 72.7 Å². The average Bonchev–Trinajstić information content (AvgIpc) is 3.09. The molecular formula is C19H25FN2O4. The minimum atomic E-state index is -0.646. The first-order valence-electron chi connectivity index (χ1n) is 8.63. The van der Waals surface area contributed by atoms with E-state index in [1.54, 1.807) is 6.07 Å². The molecule has 3 rings (SSSR count). The number of rotatable bonds is 6. The number of aliphatic hydroxyl groups is 1. The highest BCUT2D eigenvalue weighted by atomic mass is 19.1. The summed E-state index contributed by atoms with van der Waals surface area (Å²) < 4.78 is 27.9. The van der Waals surface area contributed by atoms with Crippen molar-refractivity contribution in [2.75, 3.05) is 18.5 Å². The van der Waals surface area contributed by atoms with Gasteiger partial charge >= 0.3 is 0 Å². The second-order valence-electron chi connectivity index (χ2n) is 7.79. The fourth-order valence-electron chi connectivity index (χ4n) is 3.35. The molecule has 1 aromatic heterocycles. The lowest BCUT2D eigenvalue weighted by Crippen LogP contribution is -2.29. The second kappa shape index (κ2) is 6.64. The Labute approximate surface area is 151 Å². The number of aromatic nitrogens is 1. The molecule has 0 aliphatic carbocycles. The molecule has 1 saturated heterocycles. The molecule has 0 unspecified atom stereocenters. The first-order valence-corrected chi connectivity index (χ1v) is 8.63. The molecule has 6 nitrogen and oxygen atoms in total. The second-order valence-corrected chi connectivity index (χ2v) is 7.79. The first-order chi connectivity index (χ1) is 12.2. The number of halogens is 1. The molecule has 0 radical (unpaired) electrons. The Morgan fingerprint density at radius 2 is 2.15 bits per heavy atom. The van der Waals surface area contributed by atoms with Gasteiger partial charge in [-0.15, -0.1) is 0 Å². The fourth-order valence-corrected chi connectivity index (χ4v) is 3.35. The van der Waals surface area contributed by atoms with E-state index < -0.39 is 17.0 Å². The van der Waals surface area contributed by atoms with E-state index in [4.69, 9.17) is 9.47 Å². The minimum Gasteiger partial charge on any atom is -0.395 e. The fraction of sp³-hybridized carbons (Fsp3) is 0.526. The Morgan fingerprint density at radius 3 is 2.73 bits per heavy atom. The maximum absolute atomic E-state index is 14.4. The third-order valence-electron chi connectivity index (χ3n) is 4.75. The molecule has 1 fully saturated rings. The Balaban J connectivity index is 2.09. The molecule has 2 N–H and O–H groups in total. The van der Waals surface area contributed by atoms with Crippen molar-refractivity contribution in [3.05, 3.63) is 29.7 Å². The number of carbonyl (C=O) groups excluding carboxylic acids is 1. The van der Waals surface area contributed by atoms with Crippen molar-refractivity contribution in [2.45, 2.75) is 51.5 Å². The molecule has 26 heavy (non-hydrogen) atoms. The van der Waals surface area contributed by atoms with Gasteiger partial charge in [0.05, 0.1) is 31.0 Å². The van der Waals surface area contributed by atoms with E-state index in [2.05, 4.69) is 5.32 Å². The number of nitrogens with zero attached hydrogens (tertiary/aromatic N) is 1. The molecule has 1 aromatic carbocycles. The lowest BCUT2D eigenvalue weighted by molar-refractivity contribution is -0.139. The summed E-state index contributed by atoms with van der Waals surface area (Å²) in [5.41, 5.74) is 1.15. The molecule has 2 aromatic rings. The van der Waals surface area contributed by atoms with Gasteiger partial charge in [-0.25, -0.2) is 4.39 Å². The molecule has 1 atom stereocenters. The largest absolute Gasteiger partial charge is 0.395 e. The Hall–Kier alpha value is -1.96. The molecule has 1 amide bonds. The highest BCUT2D eigenvalue weighted by Gasteiger charge is 2.34. The van der Waals surface area contributed by atoms with Crippen LogP contribution in [0.3, 0.4) is 0 Å². The smallest absolute Gasteiger partial charge is 0.211 e. The van der Waals surface area contributed by atoms with Gasteiger partial charge < -0.3 is 24.5 Å². The number of nitrogens with one attached hydrogen (secondary N) is 1. The third kappa shape index (κ3) is 3.47. The van der Waals surface area contributed by atoms with Gasteiger partial charge in [0.1, 0.15) is 11.9 Å². The van der Waals surface area contributed by atoms with Gasteiger partial charge in [-0.1, -0.05) is 13.8 Å². The number of hydrogen-bond donors (Lipinski definition) is 2. The molecule has 0 spiro atoms. The number of fused-ring (bicyclic) bond motifs is 1. The molecule has 2 heterocycles. The third-order valence-corrected chi connectivity index (χ3v) is 4.75. The van der Waals surface area contributed by atoms with Crippen LogP contribution in [0, 0.1) is 5.82 Å². The van der Waals surface area contributed by atoms with Gasteiger partial charge in [-0.3, -0.25) is 4.79 Å². The summed E-state index contributed by atoms with van der Waals surface area (Å²) in [5.74, 6) is -1.16. The first kappa shape index (κ1) is 18.8. The van der Waals surface area contributed by atoms with Gasteiger partial charge in [0.15, 0.2) is 5.79 Å². The van der Waals surface area contributed by atoms with Crippen LogP contribution in [0.15, 0.2) is 18.2 Å². The zero-order valence-corrected chi connectivity index (χ0v) is 15.5. The highest BCUT2D eigenvalue weighted by molar-refractivity contribution is 5.88. The van der Waals surface area contributed by atoms with Crippen molar-refractivity contribution in [2.24, 2.45) is 0 Å². The van der Waals surface area contributed by atoms with E-state index in [1.807, 2.05) is 38.3 Å². The molecular weight excluding hydrogens is 339 g/mol. The Bertz CT molecular complexity index is 829. The van der Waals surface area contributed by atoms with Crippen molar-refractivity contribution < 1.29 is 23.8 Å². The molecule has 7 heteroatoms. The molecule has 0 saturated carbocycles. The predicted molar refractivity (Wildman–Crippen MR) is 96.6 cm³/mol.